The maximum absolute atomic E-state index is 11.4. The van der Waals surface area contributed by atoms with E-state index in [2.05, 4.69) is 21.0 Å². The van der Waals surface area contributed by atoms with Gasteiger partial charge in [0.25, 0.3) is 0 Å². The molecule has 0 fully saturated rings. The third-order valence-corrected chi connectivity index (χ3v) is 2.32. The number of ether oxygens (including phenoxy) is 2. The highest BCUT2D eigenvalue weighted by Crippen LogP contribution is 2.15. The van der Waals surface area contributed by atoms with Crippen LogP contribution in [0.3, 0.4) is 0 Å². The minimum absolute atomic E-state index is 0.356. The van der Waals surface area contributed by atoms with Crippen molar-refractivity contribution in [3.05, 3.63) is 16.4 Å². The monoisotopic (exact) mass is 276 g/mol. The summed E-state index contributed by atoms with van der Waals surface area (Å²) in [6.45, 7) is 3.28. The molecule has 1 aromatic rings. The number of carbonyl (C=O) groups excluding carboxylic acids is 1. The molecule has 0 aliphatic rings. The second-order valence-electron chi connectivity index (χ2n) is 2.81. The number of methoxy groups -OCH3 is 1. The van der Waals surface area contributed by atoms with Crippen molar-refractivity contribution in [1.82, 2.24) is 9.78 Å². The van der Waals surface area contributed by atoms with Crippen molar-refractivity contribution in [2.24, 2.45) is 0 Å². The normalized spacial score (nSPS) is 10.3. The first-order valence-corrected chi connectivity index (χ1v) is 5.37. The Morgan fingerprint density at radius 2 is 2.40 bits per heavy atom. The zero-order valence-electron chi connectivity index (χ0n) is 8.70. The van der Waals surface area contributed by atoms with Gasteiger partial charge in [-0.3, -0.25) is 4.68 Å². The summed E-state index contributed by atoms with van der Waals surface area (Å²) in [7, 11) is 1.62. The molecule has 0 N–H and O–H groups in total. The highest BCUT2D eigenvalue weighted by atomic mass is 79.9. The van der Waals surface area contributed by atoms with Gasteiger partial charge in [-0.1, -0.05) is 0 Å². The van der Waals surface area contributed by atoms with Crippen molar-refractivity contribution in [3.63, 3.8) is 0 Å². The Bertz CT molecular complexity index is 338. The predicted molar refractivity (Wildman–Crippen MR) is 57.8 cm³/mol. The fourth-order valence-corrected chi connectivity index (χ4v) is 1.51. The molecule has 5 nitrogen and oxygen atoms in total. The Morgan fingerprint density at radius 1 is 1.67 bits per heavy atom. The topological polar surface area (TPSA) is 53.4 Å². The van der Waals surface area contributed by atoms with Crippen LogP contribution in [-0.4, -0.2) is 36.1 Å². The number of rotatable bonds is 5. The van der Waals surface area contributed by atoms with Crippen LogP contribution in [0.2, 0.25) is 0 Å². The minimum Gasteiger partial charge on any atom is -0.462 e. The van der Waals surface area contributed by atoms with Crippen LogP contribution in [0.15, 0.2) is 10.8 Å². The lowest BCUT2D eigenvalue weighted by molar-refractivity contribution is 0.0525. The molecule has 15 heavy (non-hydrogen) atoms. The third kappa shape index (κ3) is 3.32. The van der Waals surface area contributed by atoms with Crippen LogP contribution in [0.5, 0.6) is 0 Å². The van der Waals surface area contributed by atoms with E-state index in [1.165, 1.54) is 0 Å². The molecule has 0 unspecified atom stereocenters. The first-order valence-electron chi connectivity index (χ1n) is 4.58. The second kappa shape index (κ2) is 5.87. The number of carbonyl (C=O) groups is 1. The van der Waals surface area contributed by atoms with Gasteiger partial charge in [0.05, 0.1) is 19.8 Å². The van der Waals surface area contributed by atoms with Crippen LogP contribution in [0, 0.1) is 0 Å². The summed E-state index contributed by atoms with van der Waals surface area (Å²) < 4.78 is 11.9. The van der Waals surface area contributed by atoms with E-state index in [1.807, 2.05) is 0 Å². The Morgan fingerprint density at radius 3 is 3.00 bits per heavy atom. The van der Waals surface area contributed by atoms with Gasteiger partial charge in [0.1, 0.15) is 10.2 Å². The summed E-state index contributed by atoms with van der Waals surface area (Å²) in [5.41, 5.74) is 0.438. The summed E-state index contributed by atoms with van der Waals surface area (Å²) in [5.74, 6) is -0.368. The Balaban J connectivity index is 2.72. The lowest BCUT2D eigenvalue weighted by atomic mass is 10.4. The van der Waals surface area contributed by atoms with Crippen molar-refractivity contribution in [1.29, 1.82) is 0 Å². The predicted octanol–water partition coefficient (Wildman–Crippen LogP) is 1.47. The average Bonchev–Trinajstić information content (AvgIpc) is 2.57. The van der Waals surface area contributed by atoms with Gasteiger partial charge < -0.3 is 9.47 Å². The maximum atomic E-state index is 11.4. The van der Waals surface area contributed by atoms with Crippen LogP contribution in [0.25, 0.3) is 0 Å². The van der Waals surface area contributed by atoms with Gasteiger partial charge in [0.15, 0.2) is 0 Å². The molecule has 1 aromatic heterocycles. The summed E-state index contributed by atoms with van der Waals surface area (Å²) in [5, 5.41) is 4.10. The molecule has 1 rings (SSSR count). The van der Waals surface area contributed by atoms with E-state index in [0.29, 0.717) is 29.9 Å². The van der Waals surface area contributed by atoms with Gasteiger partial charge in [0.2, 0.25) is 0 Å². The number of aromatic nitrogens is 2. The highest BCUT2D eigenvalue weighted by molar-refractivity contribution is 9.10. The van der Waals surface area contributed by atoms with Gasteiger partial charge in [-0.05, 0) is 22.9 Å². The number of nitrogens with zero attached hydrogens (tertiary/aromatic N) is 2. The molecule has 0 aliphatic heterocycles. The number of esters is 1. The fraction of sp³-hybridized carbons (Fsp3) is 0.556. The Labute approximate surface area is 96.5 Å². The standard InChI is InChI=1S/C9H13BrN2O3/c1-3-15-9(13)7-6-12(4-5-14-2)11-8(7)10/h6H,3-5H2,1-2H3. The molecule has 1 heterocycles. The summed E-state index contributed by atoms with van der Waals surface area (Å²) >= 11 is 3.21. The van der Waals surface area contributed by atoms with Crippen molar-refractivity contribution in [3.8, 4) is 0 Å². The SMILES string of the molecule is CCOC(=O)c1cn(CCOC)nc1Br. The first kappa shape index (κ1) is 12.2. The largest absolute Gasteiger partial charge is 0.462 e. The summed E-state index contributed by atoms with van der Waals surface area (Å²) in [6.07, 6.45) is 1.64. The third-order valence-electron chi connectivity index (χ3n) is 1.74. The lowest BCUT2D eigenvalue weighted by Crippen LogP contribution is -2.05. The second-order valence-corrected chi connectivity index (χ2v) is 3.56. The van der Waals surface area contributed by atoms with Gasteiger partial charge in [-0.2, -0.15) is 5.10 Å². The molecule has 0 saturated carbocycles. The molecule has 0 spiro atoms. The zero-order valence-corrected chi connectivity index (χ0v) is 10.3. The average molecular weight is 277 g/mol. The van der Waals surface area contributed by atoms with Crippen molar-refractivity contribution < 1.29 is 14.3 Å². The van der Waals surface area contributed by atoms with E-state index in [-0.39, 0.29) is 5.97 Å². The molecule has 0 radical (unpaired) electrons. The van der Waals surface area contributed by atoms with E-state index >= 15 is 0 Å². The van der Waals surface area contributed by atoms with Gasteiger partial charge in [0, 0.05) is 13.3 Å². The molecule has 0 aromatic carbocycles. The van der Waals surface area contributed by atoms with E-state index in [0.717, 1.165) is 0 Å². The molecule has 6 heteroatoms. The van der Waals surface area contributed by atoms with E-state index in [9.17, 15) is 4.79 Å². The van der Waals surface area contributed by atoms with Crippen molar-refractivity contribution in [2.45, 2.75) is 13.5 Å². The molecular formula is C9H13BrN2O3. The van der Waals surface area contributed by atoms with Gasteiger partial charge >= 0.3 is 5.97 Å². The summed E-state index contributed by atoms with van der Waals surface area (Å²) in [6, 6.07) is 0. The van der Waals surface area contributed by atoms with Crippen LogP contribution in [0.1, 0.15) is 17.3 Å². The van der Waals surface area contributed by atoms with E-state index < -0.39 is 0 Å². The van der Waals surface area contributed by atoms with Crippen molar-refractivity contribution >= 4 is 21.9 Å². The number of hydrogen-bond acceptors (Lipinski definition) is 4. The molecule has 0 bridgehead atoms. The number of halogens is 1. The Kier molecular flexibility index (Phi) is 4.77. The molecule has 0 atom stereocenters. The molecule has 84 valence electrons. The van der Waals surface area contributed by atoms with E-state index in [4.69, 9.17) is 9.47 Å². The number of hydrogen-bond donors (Lipinski definition) is 0. The quantitative estimate of drug-likeness (QED) is 0.765. The Hall–Kier alpha value is -0.880. The van der Waals surface area contributed by atoms with Crippen molar-refractivity contribution in [2.75, 3.05) is 20.3 Å². The van der Waals surface area contributed by atoms with Crippen LogP contribution >= 0.6 is 15.9 Å². The van der Waals surface area contributed by atoms with E-state index in [1.54, 1.807) is 24.9 Å². The fourth-order valence-electron chi connectivity index (χ4n) is 1.04. The van der Waals surface area contributed by atoms with Crippen LogP contribution in [-0.2, 0) is 16.0 Å². The molecule has 0 saturated heterocycles. The van der Waals surface area contributed by atoms with Gasteiger partial charge in [-0.25, -0.2) is 4.79 Å². The highest BCUT2D eigenvalue weighted by Gasteiger charge is 2.15. The summed E-state index contributed by atoms with van der Waals surface area (Å²) in [4.78, 5) is 11.4. The van der Waals surface area contributed by atoms with Crippen LogP contribution in [0.4, 0.5) is 0 Å². The minimum atomic E-state index is -0.368. The first-order chi connectivity index (χ1) is 7.19. The van der Waals surface area contributed by atoms with Crippen LogP contribution < -0.4 is 0 Å². The van der Waals surface area contributed by atoms with Gasteiger partial charge in [-0.15, -0.1) is 0 Å². The molecular weight excluding hydrogens is 264 g/mol. The lowest BCUT2D eigenvalue weighted by Gasteiger charge is -1.98. The zero-order chi connectivity index (χ0) is 11.3. The maximum Gasteiger partial charge on any atom is 0.342 e. The smallest absolute Gasteiger partial charge is 0.342 e. The molecule has 0 amide bonds. The molecule has 0 aliphatic carbocycles.